The van der Waals surface area contributed by atoms with Gasteiger partial charge in [-0.3, -0.25) is 9.59 Å². The van der Waals surface area contributed by atoms with Gasteiger partial charge in [-0.1, -0.05) is 34.4 Å². The second-order valence-corrected chi connectivity index (χ2v) is 12.7. The maximum atomic E-state index is 13.0. The van der Waals surface area contributed by atoms with E-state index < -0.39 is 59.0 Å². The van der Waals surface area contributed by atoms with Crippen molar-refractivity contribution in [1.29, 1.82) is 0 Å². The van der Waals surface area contributed by atoms with Crippen LogP contribution in [0.1, 0.15) is 53.4 Å². The summed E-state index contributed by atoms with van der Waals surface area (Å²) >= 11 is 0. The lowest BCUT2D eigenvalue weighted by atomic mass is 10.1. The summed E-state index contributed by atoms with van der Waals surface area (Å²) in [6.07, 6.45) is 3.02. The molecule has 0 aromatic heterocycles. The van der Waals surface area contributed by atoms with Gasteiger partial charge in [0, 0.05) is 24.6 Å². The van der Waals surface area contributed by atoms with Gasteiger partial charge in [0.1, 0.15) is 23.2 Å². The molecule has 0 radical (unpaired) electrons. The highest BCUT2D eigenvalue weighted by molar-refractivity contribution is 8.76. The van der Waals surface area contributed by atoms with Crippen LogP contribution in [0, 0.1) is 0 Å². The Morgan fingerprint density at radius 1 is 0.700 bits per heavy atom. The number of amides is 6. The first-order chi connectivity index (χ1) is 18.7. The number of hydrogen-bond acceptors (Lipinski definition) is 10. The van der Waals surface area contributed by atoms with E-state index in [1.54, 1.807) is 0 Å². The molecular weight excluding hydrogens is 564 g/mol. The molecule has 0 saturated carbocycles. The van der Waals surface area contributed by atoms with Crippen LogP contribution >= 0.6 is 21.6 Å². The fraction of sp³-hybridized carbons (Fsp3) is 0.750. The molecule has 40 heavy (non-hydrogen) atoms. The first-order valence-electron chi connectivity index (χ1n) is 12.9. The fourth-order valence-electron chi connectivity index (χ4n) is 3.43. The Morgan fingerprint density at radius 2 is 1.05 bits per heavy atom. The maximum Gasteiger partial charge on any atom is 0.330 e. The summed E-state index contributed by atoms with van der Waals surface area (Å²) in [5.41, 5.74) is -2.67. The SMILES string of the molecule is COC(=O)C(C)(C)NC(=O)C1CSSC[C@@H](C(=O)NC(C)(C)C(=O)OC)NC(=O)NCCCCCCNC(=O)N1. The predicted octanol–water partition coefficient (Wildman–Crippen LogP) is 0.413. The Bertz CT molecular complexity index is 846. The van der Waals surface area contributed by atoms with Gasteiger partial charge in [0.2, 0.25) is 11.8 Å². The van der Waals surface area contributed by atoms with E-state index in [2.05, 4.69) is 31.9 Å². The normalized spacial score (nSPS) is 20.6. The summed E-state index contributed by atoms with van der Waals surface area (Å²) < 4.78 is 9.47. The number of carbonyl (C=O) groups is 6. The lowest BCUT2D eigenvalue weighted by molar-refractivity contribution is -0.149. The van der Waals surface area contributed by atoms with Crippen LogP contribution < -0.4 is 31.9 Å². The molecule has 1 fully saturated rings. The van der Waals surface area contributed by atoms with Crippen LogP contribution in [-0.4, -0.2) is 97.8 Å². The van der Waals surface area contributed by atoms with E-state index in [-0.39, 0.29) is 11.5 Å². The average molecular weight is 607 g/mol. The summed E-state index contributed by atoms with van der Waals surface area (Å²) in [4.78, 5) is 75.1. The maximum absolute atomic E-state index is 13.0. The molecule has 1 heterocycles. The lowest BCUT2D eigenvalue weighted by Gasteiger charge is -2.27. The topological polar surface area (TPSA) is 193 Å². The van der Waals surface area contributed by atoms with Gasteiger partial charge in [-0.25, -0.2) is 19.2 Å². The molecule has 1 rings (SSSR count). The van der Waals surface area contributed by atoms with Crippen molar-refractivity contribution in [2.45, 2.75) is 76.5 Å². The van der Waals surface area contributed by atoms with Gasteiger partial charge in [-0.2, -0.15) is 0 Å². The lowest BCUT2D eigenvalue weighted by Crippen LogP contribution is -2.58. The Kier molecular flexibility index (Phi) is 15.0. The standard InChI is InChI=1S/C24H42N6O8S2/c1-23(2,19(33)37-5)29-17(31)15-13-39-40-14-16(18(32)30-24(3,4)20(34)38-6)28-22(36)26-12-10-8-7-9-11-25-21(35)27-15/h15-16H,7-14H2,1-6H3,(H,29,31)(H,30,32)(H2,25,27,35)(H2,26,28,36)/t15-,16?/m0/s1. The van der Waals surface area contributed by atoms with Crippen molar-refractivity contribution < 1.29 is 38.2 Å². The second-order valence-electron chi connectivity index (χ2n) is 10.1. The van der Waals surface area contributed by atoms with E-state index >= 15 is 0 Å². The highest BCUT2D eigenvalue weighted by Gasteiger charge is 2.35. The zero-order valence-corrected chi connectivity index (χ0v) is 25.5. The van der Waals surface area contributed by atoms with Crippen LogP contribution in [0.2, 0.25) is 0 Å². The molecule has 2 atom stereocenters. The number of nitrogens with one attached hydrogen (secondary N) is 6. The van der Waals surface area contributed by atoms with Gasteiger partial charge in [0.25, 0.3) is 0 Å². The minimum absolute atomic E-state index is 0.0787. The van der Waals surface area contributed by atoms with Gasteiger partial charge in [0.05, 0.1) is 14.2 Å². The van der Waals surface area contributed by atoms with Crippen LogP contribution in [0.25, 0.3) is 0 Å². The monoisotopic (exact) mass is 606 g/mol. The third-order valence-electron chi connectivity index (χ3n) is 5.73. The van der Waals surface area contributed by atoms with Crippen molar-refractivity contribution in [3.63, 3.8) is 0 Å². The molecule has 0 aliphatic carbocycles. The Hall–Kier alpha value is -2.88. The number of urea groups is 2. The van der Waals surface area contributed by atoms with E-state index in [1.807, 2.05) is 0 Å². The summed E-state index contributed by atoms with van der Waals surface area (Å²) in [5.74, 6) is -2.34. The van der Waals surface area contributed by atoms with Crippen molar-refractivity contribution in [2.24, 2.45) is 0 Å². The number of rotatable bonds is 6. The number of carbonyl (C=O) groups excluding carboxylic acids is 6. The van der Waals surface area contributed by atoms with Crippen molar-refractivity contribution in [2.75, 3.05) is 38.8 Å². The van der Waals surface area contributed by atoms with Crippen LogP contribution in [0.4, 0.5) is 9.59 Å². The van der Waals surface area contributed by atoms with E-state index in [4.69, 9.17) is 9.47 Å². The molecule has 14 nitrogen and oxygen atoms in total. The summed E-state index contributed by atoms with van der Waals surface area (Å²) in [6, 6.07) is -3.11. The van der Waals surface area contributed by atoms with Crippen LogP contribution in [0.15, 0.2) is 0 Å². The van der Waals surface area contributed by atoms with Gasteiger partial charge >= 0.3 is 24.0 Å². The third kappa shape index (κ3) is 12.5. The summed E-state index contributed by atoms with van der Waals surface area (Å²) in [7, 11) is 4.77. The molecule has 228 valence electrons. The van der Waals surface area contributed by atoms with Gasteiger partial charge in [-0.15, -0.1) is 0 Å². The first-order valence-corrected chi connectivity index (χ1v) is 15.4. The highest BCUT2D eigenvalue weighted by atomic mass is 33.1. The molecule has 1 aliphatic rings. The van der Waals surface area contributed by atoms with Crippen molar-refractivity contribution in [3.05, 3.63) is 0 Å². The smallest absolute Gasteiger partial charge is 0.330 e. The van der Waals surface area contributed by atoms with E-state index in [0.717, 1.165) is 12.8 Å². The first kappa shape index (κ1) is 35.1. The van der Waals surface area contributed by atoms with Gasteiger partial charge in [-0.05, 0) is 40.5 Å². The largest absolute Gasteiger partial charge is 0.467 e. The van der Waals surface area contributed by atoms with Gasteiger partial charge < -0.3 is 41.4 Å². The zero-order chi connectivity index (χ0) is 30.3. The van der Waals surface area contributed by atoms with Crippen LogP contribution in [-0.2, 0) is 28.7 Å². The number of ether oxygens (including phenoxy) is 2. The highest BCUT2D eigenvalue weighted by Crippen LogP contribution is 2.24. The number of hydrogen-bond donors (Lipinski definition) is 6. The molecule has 16 heteroatoms. The van der Waals surface area contributed by atoms with Crippen molar-refractivity contribution in [1.82, 2.24) is 31.9 Å². The molecule has 0 aromatic rings. The molecule has 1 saturated heterocycles. The van der Waals surface area contributed by atoms with Crippen LogP contribution in [0.5, 0.6) is 0 Å². The molecular formula is C24H42N6O8S2. The number of methoxy groups -OCH3 is 2. The molecule has 6 N–H and O–H groups in total. The third-order valence-corrected chi connectivity index (χ3v) is 8.16. The zero-order valence-electron chi connectivity index (χ0n) is 23.9. The van der Waals surface area contributed by atoms with E-state index in [0.29, 0.717) is 25.9 Å². The molecule has 1 unspecified atom stereocenters. The Labute approximate surface area is 242 Å². The molecule has 0 spiro atoms. The summed E-state index contributed by atoms with van der Waals surface area (Å²) in [5, 5.41) is 15.9. The van der Waals surface area contributed by atoms with Crippen LogP contribution in [0.3, 0.4) is 0 Å². The fourth-order valence-corrected chi connectivity index (χ4v) is 5.75. The average Bonchev–Trinajstić information content (AvgIpc) is 2.88. The van der Waals surface area contributed by atoms with Crippen molar-refractivity contribution in [3.8, 4) is 0 Å². The molecule has 6 amide bonds. The van der Waals surface area contributed by atoms with E-state index in [9.17, 15) is 28.8 Å². The van der Waals surface area contributed by atoms with Gasteiger partial charge in [0.15, 0.2) is 0 Å². The minimum atomic E-state index is -1.33. The molecule has 1 aliphatic heterocycles. The molecule has 0 bridgehead atoms. The summed E-state index contributed by atoms with van der Waals surface area (Å²) in [6.45, 7) is 6.74. The minimum Gasteiger partial charge on any atom is -0.467 e. The Morgan fingerprint density at radius 3 is 1.38 bits per heavy atom. The Balaban J connectivity index is 3.03. The molecule has 0 aromatic carbocycles. The van der Waals surface area contributed by atoms with E-state index in [1.165, 1.54) is 63.5 Å². The van der Waals surface area contributed by atoms with Crippen molar-refractivity contribution >= 4 is 57.4 Å². The second kappa shape index (κ2) is 17.0. The predicted molar refractivity (Wildman–Crippen MR) is 153 cm³/mol. The number of esters is 2. The quantitative estimate of drug-likeness (QED) is 0.182.